The van der Waals surface area contributed by atoms with E-state index in [1.807, 2.05) is 0 Å². The zero-order chi connectivity index (χ0) is 24.5. The van der Waals surface area contributed by atoms with Crippen LogP contribution in [0, 0.1) is 46.3 Å². The molecule has 1 spiro atoms. The Labute approximate surface area is 207 Å². The van der Waals surface area contributed by atoms with Crippen molar-refractivity contribution in [2.75, 3.05) is 6.61 Å². The van der Waals surface area contributed by atoms with Crippen LogP contribution in [0.2, 0.25) is 0 Å². The number of aliphatic hydroxyl groups is 1. The molecule has 4 saturated carbocycles. The third kappa shape index (κ3) is 3.64. The van der Waals surface area contributed by atoms with Crippen molar-refractivity contribution in [1.82, 2.24) is 0 Å². The molecule has 1 aliphatic heterocycles. The summed E-state index contributed by atoms with van der Waals surface area (Å²) < 4.78 is 12.3. The highest BCUT2D eigenvalue weighted by atomic mass is 16.6. The van der Waals surface area contributed by atoms with Gasteiger partial charge in [-0.25, -0.2) is 0 Å². The molecule has 0 aromatic carbocycles. The summed E-state index contributed by atoms with van der Waals surface area (Å²) in [5, 5.41) is 10.5. The molecule has 4 aliphatic carbocycles. The number of hydrogen-bond donors (Lipinski definition) is 1. The van der Waals surface area contributed by atoms with E-state index in [9.17, 15) is 9.90 Å². The molecule has 1 N–H and O–H groups in total. The van der Waals surface area contributed by atoms with Crippen LogP contribution in [0.5, 0.6) is 0 Å². The van der Waals surface area contributed by atoms with Gasteiger partial charge < -0.3 is 14.6 Å². The molecule has 10 atom stereocenters. The van der Waals surface area contributed by atoms with Crippen LogP contribution in [-0.2, 0) is 14.3 Å². The van der Waals surface area contributed by atoms with Crippen LogP contribution >= 0.6 is 0 Å². The minimum Gasteiger partial charge on any atom is -0.465 e. The van der Waals surface area contributed by atoms with E-state index in [-0.39, 0.29) is 29.2 Å². The van der Waals surface area contributed by atoms with Gasteiger partial charge in [-0.1, -0.05) is 39.8 Å². The molecule has 34 heavy (non-hydrogen) atoms. The van der Waals surface area contributed by atoms with Crippen LogP contribution in [-0.4, -0.2) is 35.5 Å². The van der Waals surface area contributed by atoms with E-state index in [1.54, 1.807) is 0 Å². The number of fused-ring (bicyclic) bond motifs is 4. The van der Waals surface area contributed by atoms with Gasteiger partial charge in [-0.05, 0) is 98.7 Å². The first-order valence-corrected chi connectivity index (χ1v) is 14.2. The fourth-order valence-electron chi connectivity index (χ4n) is 9.83. The van der Waals surface area contributed by atoms with E-state index in [2.05, 4.69) is 34.3 Å². The Balaban J connectivity index is 1.37. The summed E-state index contributed by atoms with van der Waals surface area (Å²) in [6.07, 6.45) is 11.2. The molecule has 1 saturated heterocycles. The molecule has 0 amide bonds. The first-order chi connectivity index (χ1) is 16.0. The Morgan fingerprint density at radius 3 is 2.62 bits per heavy atom. The van der Waals surface area contributed by atoms with Gasteiger partial charge in [0, 0.05) is 18.8 Å². The highest BCUT2D eigenvalue weighted by Crippen LogP contribution is 2.74. The number of epoxide rings is 1. The number of hydrogen-bond acceptors (Lipinski definition) is 4. The van der Waals surface area contributed by atoms with Gasteiger partial charge in [-0.3, -0.25) is 4.79 Å². The molecule has 5 aliphatic rings. The molecule has 0 aromatic heterocycles. The fourth-order valence-corrected chi connectivity index (χ4v) is 9.83. The largest absolute Gasteiger partial charge is 0.465 e. The average molecular weight is 473 g/mol. The van der Waals surface area contributed by atoms with Gasteiger partial charge in [0.1, 0.15) is 12.2 Å². The van der Waals surface area contributed by atoms with Gasteiger partial charge in [0.2, 0.25) is 0 Å². The minimum atomic E-state index is -0.279. The molecule has 5 unspecified atom stereocenters. The zero-order valence-corrected chi connectivity index (χ0v) is 22.3. The average Bonchev–Trinajstić information content (AvgIpc) is 3.35. The first-order valence-electron chi connectivity index (χ1n) is 14.2. The lowest BCUT2D eigenvalue weighted by Gasteiger charge is -2.60. The van der Waals surface area contributed by atoms with Gasteiger partial charge in [-0.15, -0.1) is 0 Å². The van der Waals surface area contributed by atoms with Crippen molar-refractivity contribution in [3.05, 3.63) is 12.2 Å². The number of ether oxygens (including phenoxy) is 2. The maximum absolute atomic E-state index is 11.9. The lowest BCUT2D eigenvalue weighted by molar-refractivity contribution is -0.169. The smallest absolute Gasteiger partial charge is 0.302 e. The van der Waals surface area contributed by atoms with E-state index in [4.69, 9.17) is 9.47 Å². The molecule has 4 nitrogen and oxygen atoms in total. The van der Waals surface area contributed by atoms with Crippen LogP contribution in [0.15, 0.2) is 12.2 Å². The lowest BCUT2D eigenvalue weighted by atomic mass is 9.44. The second-order valence-electron chi connectivity index (χ2n) is 13.5. The van der Waals surface area contributed by atoms with Crippen molar-refractivity contribution in [3.63, 3.8) is 0 Å². The van der Waals surface area contributed by atoms with Gasteiger partial charge in [0.15, 0.2) is 0 Å². The van der Waals surface area contributed by atoms with Crippen molar-refractivity contribution in [2.24, 2.45) is 46.3 Å². The van der Waals surface area contributed by atoms with Crippen LogP contribution < -0.4 is 0 Å². The third-order valence-corrected chi connectivity index (χ3v) is 11.8. The number of allylic oxidation sites excluding steroid dienone is 1. The number of rotatable bonds is 7. The number of aliphatic hydroxyl groups excluding tert-OH is 1. The van der Waals surface area contributed by atoms with Gasteiger partial charge in [-0.2, -0.15) is 0 Å². The van der Waals surface area contributed by atoms with Crippen LogP contribution in [0.1, 0.15) is 98.8 Å². The Hall–Kier alpha value is -0.870. The summed E-state index contributed by atoms with van der Waals surface area (Å²) in [7, 11) is 0. The Morgan fingerprint density at radius 1 is 1.15 bits per heavy atom. The first kappa shape index (κ1) is 24.8. The molecule has 1 heterocycles. The summed E-state index contributed by atoms with van der Waals surface area (Å²) in [6.45, 7) is 16.0. The van der Waals surface area contributed by atoms with Crippen LogP contribution in [0.4, 0.5) is 0 Å². The maximum Gasteiger partial charge on any atom is 0.302 e. The lowest BCUT2D eigenvalue weighted by Crippen LogP contribution is -2.61. The van der Waals surface area contributed by atoms with Crippen molar-refractivity contribution in [2.45, 2.75) is 117 Å². The molecule has 0 radical (unpaired) electrons. The van der Waals surface area contributed by atoms with Crippen molar-refractivity contribution in [1.29, 1.82) is 0 Å². The second kappa shape index (κ2) is 8.61. The Bertz CT molecular complexity index is 821. The normalized spacial score (nSPS) is 47.7. The summed E-state index contributed by atoms with van der Waals surface area (Å²) in [5.41, 5.74) is 1.45. The molecule has 5 rings (SSSR count). The quantitative estimate of drug-likeness (QED) is 0.268. The fraction of sp³-hybridized carbons (Fsp3) is 0.900. The summed E-state index contributed by atoms with van der Waals surface area (Å²) in [5.74, 6) is 3.88. The Kier molecular flexibility index (Phi) is 6.28. The molecule has 4 heteroatoms. The number of carbonyl (C=O) groups is 1. The van der Waals surface area contributed by atoms with E-state index >= 15 is 0 Å². The van der Waals surface area contributed by atoms with Crippen LogP contribution in [0.3, 0.4) is 0 Å². The highest BCUT2D eigenvalue weighted by Gasteiger charge is 2.78. The zero-order valence-electron chi connectivity index (χ0n) is 22.3. The monoisotopic (exact) mass is 472 g/mol. The molecule has 5 fully saturated rings. The third-order valence-electron chi connectivity index (χ3n) is 11.8. The molecule has 0 bridgehead atoms. The van der Waals surface area contributed by atoms with Crippen molar-refractivity contribution < 1.29 is 19.4 Å². The predicted octanol–water partition coefficient (Wildman–Crippen LogP) is 6.31. The van der Waals surface area contributed by atoms with Gasteiger partial charge in [0.05, 0.1) is 12.2 Å². The molecular formula is C30H48O4. The van der Waals surface area contributed by atoms with E-state index in [0.717, 1.165) is 49.9 Å². The number of esters is 1. The highest BCUT2D eigenvalue weighted by molar-refractivity contribution is 5.66. The van der Waals surface area contributed by atoms with Crippen LogP contribution in [0.25, 0.3) is 0 Å². The minimum absolute atomic E-state index is 0.106. The van der Waals surface area contributed by atoms with Gasteiger partial charge >= 0.3 is 5.97 Å². The van der Waals surface area contributed by atoms with E-state index in [1.165, 1.54) is 44.6 Å². The van der Waals surface area contributed by atoms with Crippen molar-refractivity contribution in [3.8, 4) is 0 Å². The van der Waals surface area contributed by atoms with Crippen molar-refractivity contribution >= 4 is 5.97 Å². The topological polar surface area (TPSA) is 59.1 Å². The Morgan fingerprint density at radius 2 is 1.91 bits per heavy atom. The molecular weight excluding hydrogens is 424 g/mol. The standard InChI is InChI=1S/C30H48O4/c1-18(2)19(3)7-8-20(4)24-9-10-25-23-15-27-30(34-27)16-22(32)11-14-29(30,17-33-21(5)31)26(23)12-13-28(24,25)6/h18,20,22-27,32H,3,7-17H2,1-2,4-6H3/t20?,22-,23?,24?,25?,26?,27+,28+,29-,30+/m0/s1. The molecule has 0 aromatic rings. The SMILES string of the molecule is C=C(CCC(C)C1CCC2C3C[C@H]4O[C@]45C[C@@H](O)CC[C@]5(COC(C)=O)C3CC[C@]12C)C(C)C. The maximum atomic E-state index is 11.9. The van der Waals surface area contributed by atoms with E-state index in [0.29, 0.717) is 29.8 Å². The predicted molar refractivity (Wildman–Crippen MR) is 134 cm³/mol. The second-order valence-corrected chi connectivity index (χ2v) is 13.5. The number of carbonyl (C=O) groups excluding carboxylic acids is 1. The van der Waals surface area contributed by atoms with Gasteiger partial charge in [0.25, 0.3) is 0 Å². The summed E-state index contributed by atoms with van der Waals surface area (Å²) >= 11 is 0. The molecule has 192 valence electrons. The summed E-state index contributed by atoms with van der Waals surface area (Å²) in [4.78, 5) is 11.9. The summed E-state index contributed by atoms with van der Waals surface area (Å²) in [6, 6.07) is 0. The van der Waals surface area contributed by atoms with E-state index < -0.39 is 0 Å².